The Balaban J connectivity index is 2.07. The summed E-state index contributed by atoms with van der Waals surface area (Å²) in [4.78, 5) is 14.8. The van der Waals surface area contributed by atoms with Crippen molar-refractivity contribution in [3.63, 3.8) is 0 Å². The van der Waals surface area contributed by atoms with E-state index in [-0.39, 0.29) is 5.78 Å². The van der Waals surface area contributed by atoms with Crippen LogP contribution in [0, 0.1) is 0 Å². The van der Waals surface area contributed by atoms with Crippen molar-refractivity contribution in [2.75, 3.05) is 0 Å². The summed E-state index contributed by atoms with van der Waals surface area (Å²) in [5, 5.41) is 0. The van der Waals surface area contributed by atoms with E-state index in [0.29, 0.717) is 6.42 Å². The lowest BCUT2D eigenvalue weighted by Crippen LogP contribution is -2.33. The van der Waals surface area contributed by atoms with Gasteiger partial charge in [-0.15, -0.1) is 0 Å². The molecule has 3 heteroatoms. The van der Waals surface area contributed by atoms with E-state index in [1.54, 1.807) is 6.20 Å². The monoisotopic (exact) mass is 237 g/mol. The van der Waals surface area contributed by atoms with Crippen molar-refractivity contribution in [2.24, 2.45) is 7.05 Å². The number of carbonyl (C=O) groups is 1. The number of rotatable bonds is 9. The molecular weight excluding hydrogens is 212 g/mol. The highest BCUT2D eigenvalue weighted by atomic mass is 16.1. The van der Waals surface area contributed by atoms with Gasteiger partial charge in [-0.05, 0) is 6.42 Å². The molecule has 3 nitrogen and oxygen atoms in total. The highest BCUT2D eigenvalue weighted by Crippen LogP contribution is 2.09. The maximum Gasteiger partial charge on any atom is 0.323 e. The molecule has 1 aromatic rings. The number of unbranched alkanes of at least 4 members (excludes halogenated alkanes) is 6. The second kappa shape index (κ2) is 8.04. The lowest BCUT2D eigenvalue weighted by Gasteiger charge is -1.99. The van der Waals surface area contributed by atoms with E-state index in [4.69, 9.17) is 0 Å². The smallest absolute Gasteiger partial charge is 0.286 e. The van der Waals surface area contributed by atoms with E-state index in [2.05, 4.69) is 11.9 Å². The van der Waals surface area contributed by atoms with Crippen molar-refractivity contribution in [3.8, 4) is 0 Å². The molecule has 0 aliphatic carbocycles. The molecule has 0 spiro atoms. The van der Waals surface area contributed by atoms with Gasteiger partial charge in [0.1, 0.15) is 12.4 Å². The number of hydrogen-bond donors (Lipinski definition) is 1. The van der Waals surface area contributed by atoms with Crippen molar-refractivity contribution in [3.05, 3.63) is 18.2 Å². The molecule has 1 N–H and O–H groups in total. The third-order valence-electron chi connectivity index (χ3n) is 3.14. The number of hydrogen-bond acceptors (Lipinski definition) is 1. The third-order valence-corrected chi connectivity index (χ3v) is 3.14. The van der Waals surface area contributed by atoms with Crippen LogP contribution in [0.2, 0.25) is 0 Å². The van der Waals surface area contributed by atoms with Gasteiger partial charge in [0.05, 0.1) is 7.05 Å². The molecule has 0 aliphatic rings. The van der Waals surface area contributed by atoms with E-state index in [9.17, 15) is 4.79 Å². The van der Waals surface area contributed by atoms with Gasteiger partial charge in [-0.3, -0.25) is 4.79 Å². The molecule has 0 aromatic carbocycles. The minimum absolute atomic E-state index is 0.228. The summed E-state index contributed by atoms with van der Waals surface area (Å²) in [7, 11) is 1.90. The number of imidazole rings is 1. The normalized spacial score (nSPS) is 10.7. The first kappa shape index (κ1) is 13.9. The third kappa shape index (κ3) is 5.16. The van der Waals surface area contributed by atoms with Gasteiger partial charge in [-0.25, -0.2) is 9.55 Å². The molecule has 0 amide bonds. The van der Waals surface area contributed by atoms with Gasteiger partial charge in [0, 0.05) is 6.42 Å². The molecule has 96 valence electrons. The van der Waals surface area contributed by atoms with Crippen molar-refractivity contribution in [2.45, 2.75) is 58.3 Å². The van der Waals surface area contributed by atoms with E-state index >= 15 is 0 Å². The van der Waals surface area contributed by atoms with Crippen LogP contribution in [-0.2, 0) is 7.05 Å². The van der Waals surface area contributed by atoms with Gasteiger partial charge in [0.25, 0.3) is 0 Å². The van der Waals surface area contributed by atoms with Crippen LogP contribution < -0.4 is 4.57 Å². The largest absolute Gasteiger partial charge is 0.323 e. The first-order valence-electron chi connectivity index (χ1n) is 6.82. The highest BCUT2D eigenvalue weighted by molar-refractivity contribution is 5.91. The average Bonchev–Trinajstić information content (AvgIpc) is 2.74. The molecule has 0 fully saturated rings. The first-order valence-corrected chi connectivity index (χ1v) is 6.82. The Morgan fingerprint density at radius 2 is 1.82 bits per heavy atom. The van der Waals surface area contributed by atoms with Crippen LogP contribution in [-0.4, -0.2) is 10.8 Å². The van der Waals surface area contributed by atoms with Crippen LogP contribution in [0.3, 0.4) is 0 Å². The minimum Gasteiger partial charge on any atom is -0.286 e. The van der Waals surface area contributed by atoms with Gasteiger partial charge in [-0.1, -0.05) is 45.4 Å². The SMILES string of the molecule is CCCCCCCCCC(=O)c1[nH]cc[n+]1C. The lowest BCUT2D eigenvalue weighted by atomic mass is 10.1. The Hall–Kier alpha value is -1.12. The lowest BCUT2D eigenvalue weighted by molar-refractivity contribution is -0.672. The summed E-state index contributed by atoms with van der Waals surface area (Å²) < 4.78 is 1.85. The molecule has 1 heterocycles. The summed E-state index contributed by atoms with van der Waals surface area (Å²) in [6.45, 7) is 2.23. The summed E-state index contributed by atoms with van der Waals surface area (Å²) in [6.07, 6.45) is 13.1. The Kier molecular flexibility index (Phi) is 6.60. The molecule has 0 aliphatic heterocycles. The Bertz CT molecular complexity index is 331. The molecular formula is C14H25N2O+. The fourth-order valence-corrected chi connectivity index (χ4v) is 2.04. The van der Waals surface area contributed by atoms with E-state index in [1.165, 1.54) is 38.5 Å². The Morgan fingerprint density at radius 1 is 1.18 bits per heavy atom. The second-order valence-electron chi connectivity index (χ2n) is 4.71. The molecule has 0 saturated heterocycles. The summed E-state index contributed by atoms with van der Waals surface area (Å²) in [6, 6.07) is 0. The second-order valence-corrected chi connectivity index (χ2v) is 4.71. The molecule has 1 aromatic heterocycles. The maximum absolute atomic E-state index is 11.8. The van der Waals surface area contributed by atoms with Gasteiger partial charge in [-0.2, -0.15) is 0 Å². The predicted octanol–water partition coefficient (Wildman–Crippen LogP) is 3.16. The van der Waals surface area contributed by atoms with Gasteiger partial charge < -0.3 is 0 Å². The average molecular weight is 237 g/mol. The predicted molar refractivity (Wildman–Crippen MR) is 68.9 cm³/mol. The van der Waals surface area contributed by atoms with Gasteiger partial charge in [0.2, 0.25) is 5.78 Å². The molecule has 0 bridgehead atoms. The number of nitrogens with one attached hydrogen (secondary N) is 1. The van der Waals surface area contributed by atoms with Crippen LogP contribution in [0.15, 0.2) is 12.4 Å². The number of nitrogens with zero attached hydrogens (tertiary/aromatic N) is 1. The van der Waals surface area contributed by atoms with Crippen LogP contribution in [0.25, 0.3) is 0 Å². The zero-order valence-electron chi connectivity index (χ0n) is 11.2. The van der Waals surface area contributed by atoms with Gasteiger partial charge in [0.15, 0.2) is 0 Å². The quantitative estimate of drug-likeness (QED) is 0.400. The topological polar surface area (TPSA) is 36.7 Å². The summed E-state index contributed by atoms with van der Waals surface area (Å²) >= 11 is 0. The zero-order valence-corrected chi connectivity index (χ0v) is 11.2. The number of aromatic nitrogens is 2. The van der Waals surface area contributed by atoms with Crippen LogP contribution >= 0.6 is 0 Å². The van der Waals surface area contributed by atoms with Crippen molar-refractivity contribution in [1.82, 2.24) is 4.98 Å². The first-order chi connectivity index (χ1) is 8.25. The number of aromatic amines is 1. The molecule has 17 heavy (non-hydrogen) atoms. The number of H-pyrrole nitrogens is 1. The van der Waals surface area contributed by atoms with Gasteiger partial charge >= 0.3 is 5.82 Å². The fraction of sp³-hybridized carbons (Fsp3) is 0.714. The molecule has 0 saturated carbocycles. The Morgan fingerprint density at radius 3 is 2.41 bits per heavy atom. The number of Topliss-reactive ketones (excluding diaryl/α,β-unsaturated/α-hetero) is 1. The van der Waals surface area contributed by atoms with Crippen LogP contribution in [0.1, 0.15) is 68.9 Å². The summed E-state index contributed by atoms with van der Waals surface area (Å²) in [5.74, 6) is 0.946. The number of aryl methyl sites for hydroxylation is 1. The number of ketones is 1. The zero-order chi connectivity index (χ0) is 12.5. The molecule has 1 rings (SSSR count). The number of carbonyl (C=O) groups excluding carboxylic acids is 1. The van der Waals surface area contributed by atoms with E-state index in [1.807, 2.05) is 17.8 Å². The van der Waals surface area contributed by atoms with E-state index in [0.717, 1.165) is 12.2 Å². The highest BCUT2D eigenvalue weighted by Gasteiger charge is 2.16. The Labute approximate surface area is 104 Å². The molecule has 0 radical (unpaired) electrons. The summed E-state index contributed by atoms with van der Waals surface area (Å²) in [5.41, 5.74) is 0. The molecule has 0 atom stereocenters. The standard InChI is InChI=1S/C14H24N2O/c1-3-4-5-6-7-8-9-10-13(17)14-15-11-12-16(14)2/h11-12H,3-10H2,1-2H3/p+1. The minimum atomic E-state index is 0.228. The van der Waals surface area contributed by atoms with Crippen molar-refractivity contribution in [1.29, 1.82) is 0 Å². The van der Waals surface area contributed by atoms with Crippen LogP contribution in [0.5, 0.6) is 0 Å². The molecule has 0 unspecified atom stereocenters. The van der Waals surface area contributed by atoms with E-state index < -0.39 is 0 Å². The maximum atomic E-state index is 11.8. The van der Waals surface area contributed by atoms with Crippen LogP contribution in [0.4, 0.5) is 0 Å². The fourth-order valence-electron chi connectivity index (χ4n) is 2.04. The van der Waals surface area contributed by atoms with Crippen molar-refractivity contribution < 1.29 is 9.36 Å². The van der Waals surface area contributed by atoms with Crippen molar-refractivity contribution >= 4 is 5.78 Å².